The van der Waals surface area contributed by atoms with Crippen molar-refractivity contribution in [1.29, 1.82) is 0 Å². The molecule has 1 saturated heterocycles. The lowest BCUT2D eigenvalue weighted by atomic mass is 10.1. The molecule has 0 spiro atoms. The van der Waals surface area contributed by atoms with E-state index in [1.165, 1.54) is 11.8 Å². The molecule has 1 unspecified atom stereocenters. The Morgan fingerprint density at radius 3 is 2.58 bits per heavy atom. The summed E-state index contributed by atoms with van der Waals surface area (Å²) in [4.78, 5) is 37.6. The molecule has 0 radical (unpaired) electrons. The molecule has 0 bridgehead atoms. The largest absolute Gasteiger partial charge is 0.406 e. The normalized spacial score (nSPS) is 17.3. The van der Waals surface area contributed by atoms with Gasteiger partial charge in [0.15, 0.2) is 0 Å². The highest BCUT2D eigenvalue weighted by atomic mass is 19.4. The van der Waals surface area contributed by atoms with Gasteiger partial charge in [0.05, 0.1) is 5.92 Å². The maximum absolute atomic E-state index is 12.5. The third kappa shape index (κ3) is 5.21. The first kappa shape index (κ1) is 19.7. The van der Waals surface area contributed by atoms with Gasteiger partial charge in [0.1, 0.15) is 6.54 Å². The number of benzene rings is 1. The number of halogens is 3. The third-order valence-corrected chi connectivity index (χ3v) is 4.18. The van der Waals surface area contributed by atoms with Crippen LogP contribution < -0.4 is 5.32 Å². The number of alkyl halides is 3. The molecule has 0 saturated carbocycles. The van der Waals surface area contributed by atoms with Gasteiger partial charge in [-0.05, 0) is 11.6 Å². The molecule has 1 aliphatic rings. The lowest BCUT2D eigenvalue weighted by Crippen LogP contribution is -2.36. The van der Waals surface area contributed by atoms with Gasteiger partial charge in [-0.25, -0.2) is 0 Å². The van der Waals surface area contributed by atoms with Crippen LogP contribution in [-0.4, -0.2) is 53.8 Å². The minimum absolute atomic E-state index is 0.143. The van der Waals surface area contributed by atoms with E-state index in [2.05, 4.69) is 5.32 Å². The van der Waals surface area contributed by atoms with Gasteiger partial charge < -0.3 is 15.1 Å². The number of nitrogens with zero attached hydrogens (tertiary/aromatic N) is 2. The van der Waals surface area contributed by atoms with Crippen molar-refractivity contribution in [2.75, 3.05) is 25.5 Å². The Bertz CT molecular complexity index is 706. The quantitative estimate of drug-likeness (QED) is 0.861. The summed E-state index contributed by atoms with van der Waals surface area (Å²) in [5.74, 6) is -2.19. The SMILES string of the molecule is CC(=O)N(C)Cc1ccccc1NC(=O)C1CC(=O)N(CC(F)(F)F)C1. The van der Waals surface area contributed by atoms with E-state index in [1.807, 2.05) is 0 Å². The average molecular weight is 371 g/mol. The lowest BCUT2D eigenvalue weighted by molar-refractivity contribution is -0.157. The van der Waals surface area contributed by atoms with Crippen molar-refractivity contribution in [2.45, 2.75) is 26.1 Å². The molecule has 9 heteroatoms. The molecule has 2 rings (SSSR count). The Morgan fingerprint density at radius 1 is 1.31 bits per heavy atom. The van der Waals surface area contributed by atoms with Crippen molar-refractivity contribution in [3.8, 4) is 0 Å². The van der Waals surface area contributed by atoms with E-state index >= 15 is 0 Å². The van der Waals surface area contributed by atoms with Gasteiger partial charge in [-0.3, -0.25) is 14.4 Å². The molecule has 142 valence electrons. The standard InChI is InChI=1S/C17H20F3N3O3/c1-11(24)22(2)8-12-5-3-4-6-14(12)21-16(26)13-7-15(25)23(9-13)10-17(18,19)20/h3-6,13H,7-10H2,1-2H3,(H,21,26). The summed E-state index contributed by atoms with van der Waals surface area (Å²) in [6.45, 7) is 0.0749. The highest BCUT2D eigenvalue weighted by Crippen LogP contribution is 2.25. The topological polar surface area (TPSA) is 69.7 Å². The number of carbonyl (C=O) groups excluding carboxylic acids is 3. The molecule has 1 N–H and O–H groups in total. The second kappa shape index (κ2) is 7.76. The summed E-state index contributed by atoms with van der Waals surface area (Å²) < 4.78 is 37.4. The Kier molecular flexibility index (Phi) is 5.89. The fraction of sp³-hybridized carbons (Fsp3) is 0.471. The third-order valence-electron chi connectivity index (χ3n) is 4.18. The van der Waals surface area contributed by atoms with Gasteiger partial charge in [-0.2, -0.15) is 13.2 Å². The van der Waals surface area contributed by atoms with Gasteiger partial charge in [-0.1, -0.05) is 18.2 Å². The molecule has 1 fully saturated rings. The fourth-order valence-electron chi connectivity index (χ4n) is 2.70. The van der Waals surface area contributed by atoms with Gasteiger partial charge in [0, 0.05) is 39.2 Å². The summed E-state index contributed by atoms with van der Waals surface area (Å²) in [6, 6.07) is 6.84. The number of anilines is 1. The summed E-state index contributed by atoms with van der Waals surface area (Å²) in [5, 5.41) is 2.66. The Labute approximate surface area is 148 Å². The number of carbonyl (C=O) groups is 3. The highest BCUT2D eigenvalue weighted by Gasteiger charge is 2.40. The van der Waals surface area contributed by atoms with E-state index in [9.17, 15) is 27.6 Å². The molecule has 1 aromatic carbocycles. The van der Waals surface area contributed by atoms with E-state index in [-0.39, 0.29) is 25.4 Å². The molecule has 1 atom stereocenters. The minimum Gasteiger partial charge on any atom is -0.342 e. The first-order valence-electron chi connectivity index (χ1n) is 8.02. The number of likely N-dealkylation sites (tertiary alicyclic amines) is 1. The highest BCUT2D eigenvalue weighted by molar-refractivity contribution is 5.97. The lowest BCUT2D eigenvalue weighted by Gasteiger charge is -2.20. The van der Waals surface area contributed by atoms with Crippen LogP contribution in [0.4, 0.5) is 18.9 Å². The van der Waals surface area contributed by atoms with E-state index < -0.39 is 30.5 Å². The van der Waals surface area contributed by atoms with Crippen LogP contribution in [0.25, 0.3) is 0 Å². The van der Waals surface area contributed by atoms with E-state index in [1.54, 1.807) is 31.3 Å². The number of hydrogen-bond donors (Lipinski definition) is 1. The van der Waals surface area contributed by atoms with E-state index in [4.69, 9.17) is 0 Å². The summed E-state index contributed by atoms with van der Waals surface area (Å²) in [5.41, 5.74) is 1.15. The average Bonchev–Trinajstić information content (AvgIpc) is 2.88. The van der Waals surface area contributed by atoms with Crippen LogP contribution in [0.5, 0.6) is 0 Å². The number of amides is 3. The van der Waals surface area contributed by atoms with Crippen LogP contribution in [0.2, 0.25) is 0 Å². The van der Waals surface area contributed by atoms with Crippen molar-refractivity contribution < 1.29 is 27.6 Å². The molecular formula is C17H20F3N3O3. The molecule has 1 aliphatic heterocycles. The van der Waals surface area contributed by atoms with Gasteiger partial charge in [0.2, 0.25) is 17.7 Å². The van der Waals surface area contributed by atoms with Crippen LogP contribution in [0.15, 0.2) is 24.3 Å². The zero-order valence-electron chi connectivity index (χ0n) is 14.5. The van der Waals surface area contributed by atoms with Gasteiger partial charge in [-0.15, -0.1) is 0 Å². The first-order chi connectivity index (χ1) is 12.1. The zero-order chi connectivity index (χ0) is 19.5. The minimum atomic E-state index is -4.50. The van der Waals surface area contributed by atoms with Crippen molar-refractivity contribution in [1.82, 2.24) is 9.80 Å². The molecule has 1 heterocycles. The molecule has 6 nitrogen and oxygen atoms in total. The maximum Gasteiger partial charge on any atom is 0.406 e. The second-order valence-corrected chi connectivity index (χ2v) is 6.31. The van der Waals surface area contributed by atoms with E-state index in [0.717, 1.165) is 0 Å². The predicted molar refractivity (Wildman–Crippen MR) is 88.0 cm³/mol. The molecule has 0 aliphatic carbocycles. The number of nitrogens with one attached hydrogen (secondary N) is 1. The summed E-state index contributed by atoms with van der Waals surface area (Å²) in [6.07, 6.45) is -4.75. The van der Waals surface area contributed by atoms with Crippen LogP contribution >= 0.6 is 0 Å². The smallest absolute Gasteiger partial charge is 0.342 e. The zero-order valence-corrected chi connectivity index (χ0v) is 14.5. The van der Waals surface area contributed by atoms with Crippen LogP contribution in [0.1, 0.15) is 18.9 Å². The van der Waals surface area contributed by atoms with Crippen molar-refractivity contribution >= 4 is 23.4 Å². The number of hydrogen-bond acceptors (Lipinski definition) is 3. The van der Waals surface area contributed by atoms with Crippen LogP contribution in [-0.2, 0) is 20.9 Å². The van der Waals surface area contributed by atoms with Crippen molar-refractivity contribution in [2.24, 2.45) is 5.92 Å². The predicted octanol–water partition coefficient (Wildman–Crippen LogP) is 2.01. The van der Waals surface area contributed by atoms with Crippen molar-refractivity contribution in [3.05, 3.63) is 29.8 Å². The molecule has 1 aromatic rings. The van der Waals surface area contributed by atoms with Crippen molar-refractivity contribution in [3.63, 3.8) is 0 Å². The Morgan fingerprint density at radius 2 is 1.96 bits per heavy atom. The summed E-state index contributed by atoms with van der Waals surface area (Å²) >= 11 is 0. The number of rotatable bonds is 5. The monoisotopic (exact) mass is 371 g/mol. The molecule has 0 aromatic heterocycles. The number of para-hydroxylation sites is 1. The van der Waals surface area contributed by atoms with E-state index in [0.29, 0.717) is 16.2 Å². The Hall–Kier alpha value is -2.58. The second-order valence-electron chi connectivity index (χ2n) is 6.31. The fourth-order valence-corrected chi connectivity index (χ4v) is 2.70. The Balaban J connectivity index is 2.04. The molecular weight excluding hydrogens is 351 g/mol. The first-order valence-corrected chi connectivity index (χ1v) is 8.02. The van der Waals surface area contributed by atoms with Crippen LogP contribution in [0.3, 0.4) is 0 Å². The summed E-state index contributed by atoms with van der Waals surface area (Å²) in [7, 11) is 1.62. The molecule has 26 heavy (non-hydrogen) atoms. The van der Waals surface area contributed by atoms with Crippen LogP contribution in [0, 0.1) is 5.92 Å². The van der Waals surface area contributed by atoms with Gasteiger partial charge >= 0.3 is 6.18 Å². The maximum atomic E-state index is 12.5. The molecule has 3 amide bonds. The van der Waals surface area contributed by atoms with Gasteiger partial charge in [0.25, 0.3) is 0 Å².